The molecule has 1 aromatic heterocycles. The molecule has 0 aliphatic carbocycles. The number of aromatic amines is 1. The topological polar surface area (TPSA) is 70.9 Å². The van der Waals surface area contributed by atoms with E-state index in [0.717, 1.165) is 24.0 Å². The highest BCUT2D eigenvalue weighted by atomic mass is 16.1. The molecule has 1 aromatic carbocycles. The second kappa shape index (κ2) is 5.69. The minimum absolute atomic E-state index is 0.0668. The molecular weight excluding hydrogens is 226 g/mol. The molecule has 0 bridgehead atoms. The number of hydrogen-bond donors (Lipinski definition) is 3. The summed E-state index contributed by atoms with van der Waals surface area (Å²) in [4.78, 5) is 14.8. The summed E-state index contributed by atoms with van der Waals surface area (Å²) in [6.45, 7) is 2.68. The van der Waals surface area contributed by atoms with Crippen molar-refractivity contribution in [1.29, 1.82) is 0 Å². The Labute approximate surface area is 106 Å². The van der Waals surface area contributed by atoms with E-state index in [4.69, 9.17) is 5.73 Å². The smallest absolute Gasteiger partial charge is 0.257 e. The number of hydrogen-bond acceptors (Lipinski definition) is 3. The van der Waals surface area contributed by atoms with Gasteiger partial charge in [-0.05, 0) is 23.9 Å². The molecule has 0 saturated heterocycles. The molecule has 18 heavy (non-hydrogen) atoms. The molecule has 4 nitrogen and oxygen atoms in total. The average molecular weight is 245 g/mol. The van der Waals surface area contributed by atoms with Crippen molar-refractivity contribution in [2.75, 3.05) is 11.9 Å². The van der Waals surface area contributed by atoms with Crippen LogP contribution in [0.1, 0.15) is 19.8 Å². The van der Waals surface area contributed by atoms with Gasteiger partial charge < -0.3 is 16.0 Å². The number of nitrogens with two attached hydrogens (primary N) is 1. The van der Waals surface area contributed by atoms with Crippen molar-refractivity contribution < 1.29 is 0 Å². The van der Waals surface area contributed by atoms with Crippen molar-refractivity contribution >= 4 is 16.6 Å². The van der Waals surface area contributed by atoms with Gasteiger partial charge in [-0.1, -0.05) is 31.5 Å². The second-order valence-corrected chi connectivity index (χ2v) is 4.47. The van der Waals surface area contributed by atoms with Crippen LogP contribution < -0.4 is 16.6 Å². The molecule has 96 valence electrons. The van der Waals surface area contributed by atoms with Crippen LogP contribution >= 0.6 is 0 Å². The lowest BCUT2D eigenvalue weighted by atomic mass is 10.1. The highest BCUT2D eigenvalue weighted by molar-refractivity contribution is 5.83. The van der Waals surface area contributed by atoms with Gasteiger partial charge in [-0.25, -0.2) is 0 Å². The summed E-state index contributed by atoms with van der Waals surface area (Å²) in [5.41, 5.74) is 5.64. The molecule has 2 rings (SSSR count). The van der Waals surface area contributed by atoms with Crippen molar-refractivity contribution in [3.63, 3.8) is 0 Å². The molecule has 0 fully saturated rings. The van der Waals surface area contributed by atoms with Gasteiger partial charge in [0.15, 0.2) is 0 Å². The van der Waals surface area contributed by atoms with E-state index in [2.05, 4.69) is 17.2 Å². The zero-order valence-corrected chi connectivity index (χ0v) is 10.6. The molecule has 1 unspecified atom stereocenters. The Morgan fingerprint density at radius 1 is 1.39 bits per heavy atom. The summed E-state index contributed by atoms with van der Waals surface area (Å²) in [6.07, 6.45) is 2.05. The molecule has 4 heteroatoms. The maximum atomic E-state index is 11.9. The van der Waals surface area contributed by atoms with E-state index in [1.54, 1.807) is 0 Å². The van der Waals surface area contributed by atoms with Crippen LogP contribution in [0.3, 0.4) is 0 Å². The first-order valence-electron chi connectivity index (χ1n) is 6.33. The van der Waals surface area contributed by atoms with Crippen LogP contribution in [0.5, 0.6) is 0 Å². The molecule has 1 atom stereocenters. The lowest BCUT2D eigenvalue weighted by molar-refractivity contribution is 0.646. The van der Waals surface area contributed by atoms with Crippen LogP contribution in [0, 0.1) is 0 Å². The Balaban J connectivity index is 2.32. The van der Waals surface area contributed by atoms with Gasteiger partial charge in [-0.2, -0.15) is 0 Å². The third-order valence-corrected chi connectivity index (χ3v) is 3.03. The average Bonchev–Trinajstić information content (AvgIpc) is 2.38. The number of H-pyrrole nitrogens is 1. The number of aromatic nitrogens is 1. The van der Waals surface area contributed by atoms with Crippen molar-refractivity contribution in [2.24, 2.45) is 5.73 Å². The molecular formula is C14H19N3O. The fourth-order valence-corrected chi connectivity index (χ4v) is 2.11. The van der Waals surface area contributed by atoms with E-state index in [1.165, 1.54) is 0 Å². The lowest BCUT2D eigenvalue weighted by Gasteiger charge is -2.17. The Bertz CT molecular complexity index is 577. The first-order chi connectivity index (χ1) is 8.74. The van der Waals surface area contributed by atoms with Crippen LogP contribution in [-0.2, 0) is 0 Å². The van der Waals surface area contributed by atoms with Crippen molar-refractivity contribution in [3.05, 3.63) is 40.7 Å². The minimum atomic E-state index is -0.0668. The molecule has 0 radical (unpaired) electrons. The number of anilines is 1. The SMILES string of the molecule is CCCC(CN)Nc1cc2ccccc2c(=O)[nH]1. The number of benzene rings is 1. The largest absolute Gasteiger partial charge is 0.368 e. The fraction of sp³-hybridized carbons (Fsp3) is 0.357. The van der Waals surface area contributed by atoms with Gasteiger partial charge in [0.1, 0.15) is 5.82 Å². The molecule has 0 spiro atoms. The highest BCUT2D eigenvalue weighted by Crippen LogP contribution is 2.14. The van der Waals surface area contributed by atoms with Crippen molar-refractivity contribution in [2.45, 2.75) is 25.8 Å². The number of fused-ring (bicyclic) bond motifs is 1. The van der Waals surface area contributed by atoms with Crippen LogP contribution in [0.25, 0.3) is 10.8 Å². The van der Waals surface area contributed by atoms with Crippen LogP contribution in [0.2, 0.25) is 0 Å². The van der Waals surface area contributed by atoms with E-state index in [0.29, 0.717) is 11.9 Å². The van der Waals surface area contributed by atoms with E-state index >= 15 is 0 Å². The van der Waals surface area contributed by atoms with E-state index < -0.39 is 0 Å². The zero-order chi connectivity index (χ0) is 13.0. The summed E-state index contributed by atoms with van der Waals surface area (Å²) in [5, 5.41) is 4.93. The minimum Gasteiger partial charge on any atom is -0.368 e. The zero-order valence-electron chi connectivity index (χ0n) is 10.6. The highest BCUT2D eigenvalue weighted by Gasteiger charge is 2.07. The van der Waals surface area contributed by atoms with Gasteiger partial charge in [0.25, 0.3) is 5.56 Å². The van der Waals surface area contributed by atoms with Crippen molar-refractivity contribution in [1.82, 2.24) is 4.98 Å². The lowest BCUT2D eigenvalue weighted by Crippen LogP contribution is -2.29. The summed E-state index contributed by atoms with van der Waals surface area (Å²) >= 11 is 0. The summed E-state index contributed by atoms with van der Waals surface area (Å²) < 4.78 is 0. The normalized spacial score (nSPS) is 12.6. The van der Waals surface area contributed by atoms with Gasteiger partial charge in [-0.15, -0.1) is 0 Å². The molecule has 0 aliphatic rings. The summed E-state index contributed by atoms with van der Waals surface area (Å²) in [5.74, 6) is 0.739. The Kier molecular flexibility index (Phi) is 3.99. The monoisotopic (exact) mass is 245 g/mol. The standard InChI is InChI=1S/C14H19N3O/c1-2-5-11(9-15)16-13-8-10-6-3-4-7-12(10)14(18)17-13/h3-4,6-8,11H,2,5,9,15H2,1H3,(H2,16,17,18). The van der Waals surface area contributed by atoms with Crippen LogP contribution in [0.15, 0.2) is 35.1 Å². The molecule has 0 saturated carbocycles. The predicted molar refractivity (Wildman–Crippen MR) is 75.9 cm³/mol. The molecule has 2 aromatic rings. The predicted octanol–water partition coefficient (Wildman–Crippen LogP) is 2.07. The summed E-state index contributed by atoms with van der Waals surface area (Å²) in [7, 11) is 0. The van der Waals surface area contributed by atoms with Gasteiger partial charge in [0.05, 0.1) is 0 Å². The number of nitrogens with one attached hydrogen (secondary N) is 2. The quantitative estimate of drug-likeness (QED) is 0.755. The van der Waals surface area contributed by atoms with Gasteiger partial charge in [0, 0.05) is 18.0 Å². The first-order valence-corrected chi connectivity index (χ1v) is 6.33. The molecule has 0 aliphatic heterocycles. The maximum absolute atomic E-state index is 11.9. The van der Waals surface area contributed by atoms with Gasteiger partial charge in [-0.3, -0.25) is 4.79 Å². The molecule has 0 amide bonds. The van der Waals surface area contributed by atoms with E-state index in [1.807, 2.05) is 30.3 Å². The maximum Gasteiger partial charge on any atom is 0.257 e. The van der Waals surface area contributed by atoms with Crippen LogP contribution in [-0.4, -0.2) is 17.6 Å². The Morgan fingerprint density at radius 2 is 2.17 bits per heavy atom. The van der Waals surface area contributed by atoms with Gasteiger partial charge in [0.2, 0.25) is 0 Å². The Morgan fingerprint density at radius 3 is 2.89 bits per heavy atom. The second-order valence-electron chi connectivity index (χ2n) is 4.47. The van der Waals surface area contributed by atoms with Crippen molar-refractivity contribution in [3.8, 4) is 0 Å². The number of rotatable bonds is 5. The van der Waals surface area contributed by atoms with Gasteiger partial charge >= 0.3 is 0 Å². The number of pyridine rings is 1. The molecule has 1 heterocycles. The Hall–Kier alpha value is -1.81. The van der Waals surface area contributed by atoms with Crippen LogP contribution in [0.4, 0.5) is 5.82 Å². The fourth-order valence-electron chi connectivity index (χ4n) is 2.11. The first kappa shape index (κ1) is 12.6. The summed E-state index contributed by atoms with van der Waals surface area (Å²) in [6, 6.07) is 9.71. The molecule has 4 N–H and O–H groups in total. The third kappa shape index (κ3) is 2.71. The van der Waals surface area contributed by atoms with E-state index in [9.17, 15) is 4.79 Å². The third-order valence-electron chi connectivity index (χ3n) is 3.03. The van der Waals surface area contributed by atoms with E-state index in [-0.39, 0.29) is 11.6 Å².